The van der Waals surface area contributed by atoms with Gasteiger partial charge in [-0.25, -0.2) is 9.97 Å². The summed E-state index contributed by atoms with van der Waals surface area (Å²) < 4.78 is 5.17. The topological polar surface area (TPSA) is 58.6 Å². The van der Waals surface area contributed by atoms with E-state index >= 15 is 0 Å². The number of piperazine rings is 1. The molecule has 2 aromatic rings. The van der Waals surface area contributed by atoms with Crippen LogP contribution in [0, 0.1) is 13.8 Å². The van der Waals surface area contributed by atoms with Gasteiger partial charge in [-0.05, 0) is 52.3 Å². The molecule has 27 heavy (non-hydrogen) atoms. The number of ether oxygens (including phenoxy) is 1. The van der Waals surface area contributed by atoms with Crippen LogP contribution in [-0.4, -0.2) is 71.1 Å². The van der Waals surface area contributed by atoms with Crippen LogP contribution in [0.15, 0.2) is 18.2 Å². The SMILES string of the molecule is COCCCN1C(C)CN(C(=O)c2ccc3nc(C)c(C)nc3c2)CC1C. The zero-order valence-corrected chi connectivity index (χ0v) is 17.0. The molecule has 6 nitrogen and oxygen atoms in total. The molecule has 0 radical (unpaired) electrons. The first-order valence-electron chi connectivity index (χ1n) is 9.69. The molecule has 2 atom stereocenters. The average molecular weight is 370 g/mol. The minimum Gasteiger partial charge on any atom is -0.385 e. The number of hydrogen-bond acceptors (Lipinski definition) is 5. The van der Waals surface area contributed by atoms with E-state index in [1.807, 2.05) is 36.9 Å². The first-order chi connectivity index (χ1) is 12.9. The van der Waals surface area contributed by atoms with Gasteiger partial charge in [0.05, 0.1) is 22.4 Å². The lowest BCUT2D eigenvalue weighted by Gasteiger charge is -2.44. The predicted octanol–water partition coefficient (Wildman–Crippen LogP) is 2.82. The summed E-state index contributed by atoms with van der Waals surface area (Å²) in [4.78, 5) is 26.7. The van der Waals surface area contributed by atoms with Gasteiger partial charge in [0.25, 0.3) is 5.91 Å². The van der Waals surface area contributed by atoms with E-state index in [1.54, 1.807) is 7.11 Å². The maximum atomic E-state index is 13.1. The van der Waals surface area contributed by atoms with E-state index in [0.717, 1.165) is 55.1 Å². The summed E-state index contributed by atoms with van der Waals surface area (Å²) in [5, 5.41) is 0. The van der Waals surface area contributed by atoms with Crippen molar-refractivity contribution in [3.8, 4) is 0 Å². The monoisotopic (exact) mass is 370 g/mol. The number of carbonyl (C=O) groups is 1. The van der Waals surface area contributed by atoms with Crippen LogP contribution in [0.5, 0.6) is 0 Å². The van der Waals surface area contributed by atoms with Gasteiger partial charge in [-0.1, -0.05) is 0 Å². The highest BCUT2D eigenvalue weighted by Gasteiger charge is 2.31. The van der Waals surface area contributed by atoms with Gasteiger partial charge in [0.15, 0.2) is 0 Å². The number of hydrogen-bond donors (Lipinski definition) is 0. The highest BCUT2D eigenvalue weighted by atomic mass is 16.5. The number of aryl methyl sites for hydroxylation is 2. The second kappa shape index (κ2) is 8.31. The lowest BCUT2D eigenvalue weighted by Crippen LogP contribution is -2.58. The number of benzene rings is 1. The molecular formula is C21H30N4O2. The summed E-state index contributed by atoms with van der Waals surface area (Å²) in [7, 11) is 1.74. The normalized spacial score (nSPS) is 21.0. The molecule has 0 spiro atoms. The van der Waals surface area contributed by atoms with Crippen LogP contribution in [-0.2, 0) is 4.74 Å². The van der Waals surface area contributed by atoms with Crippen molar-refractivity contribution in [2.75, 3.05) is 33.4 Å². The maximum absolute atomic E-state index is 13.1. The molecule has 0 saturated carbocycles. The van der Waals surface area contributed by atoms with Crippen LogP contribution in [0.4, 0.5) is 0 Å². The Kier molecular flexibility index (Phi) is 6.07. The largest absolute Gasteiger partial charge is 0.385 e. The Labute approximate surface area is 161 Å². The van der Waals surface area contributed by atoms with Crippen molar-refractivity contribution in [3.63, 3.8) is 0 Å². The van der Waals surface area contributed by atoms with Crippen LogP contribution in [0.3, 0.4) is 0 Å². The van der Waals surface area contributed by atoms with Crippen molar-refractivity contribution in [1.29, 1.82) is 0 Å². The van der Waals surface area contributed by atoms with Crippen LogP contribution in [0.1, 0.15) is 42.0 Å². The van der Waals surface area contributed by atoms with Gasteiger partial charge in [0, 0.05) is 51.0 Å². The molecule has 3 rings (SSSR count). The number of methoxy groups -OCH3 is 1. The third-order valence-electron chi connectivity index (χ3n) is 5.48. The van der Waals surface area contributed by atoms with E-state index in [0.29, 0.717) is 17.6 Å². The van der Waals surface area contributed by atoms with E-state index < -0.39 is 0 Å². The second-order valence-electron chi connectivity index (χ2n) is 7.59. The molecule has 1 aromatic carbocycles. The summed E-state index contributed by atoms with van der Waals surface area (Å²) in [5.74, 6) is 0.0761. The van der Waals surface area contributed by atoms with E-state index in [9.17, 15) is 4.79 Å². The van der Waals surface area contributed by atoms with E-state index in [2.05, 4.69) is 28.7 Å². The number of fused-ring (bicyclic) bond motifs is 1. The number of rotatable bonds is 5. The van der Waals surface area contributed by atoms with Gasteiger partial charge in [0.2, 0.25) is 0 Å². The van der Waals surface area contributed by atoms with Gasteiger partial charge in [-0.3, -0.25) is 9.69 Å². The van der Waals surface area contributed by atoms with Gasteiger partial charge >= 0.3 is 0 Å². The third kappa shape index (κ3) is 4.28. The molecule has 2 unspecified atom stereocenters. The zero-order chi connectivity index (χ0) is 19.6. The first kappa shape index (κ1) is 19.7. The Morgan fingerprint density at radius 3 is 2.37 bits per heavy atom. The highest BCUT2D eigenvalue weighted by molar-refractivity contribution is 5.97. The van der Waals surface area contributed by atoms with Crippen molar-refractivity contribution in [2.24, 2.45) is 0 Å². The number of nitrogens with zero attached hydrogens (tertiary/aromatic N) is 4. The highest BCUT2D eigenvalue weighted by Crippen LogP contribution is 2.20. The van der Waals surface area contributed by atoms with Gasteiger partial charge in [-0.15, -0.1) is 0 Å². The Hall–Kier alpha value is -2.05. The molecule has 0 bridgehead atoms. The second-order valence-corrected chi connectivity index (χ2v) is 7.59. The van der Waals surface area contributed by atoms with Crippen LogP contribution in [0.2, 0.25) is 0 Å². The third-order valence-corrected chi connectivity index (χ3v) is 5.48. The average Bonchev–Trinajstić information content (AvgIpc) is 2.64. The Morgan fingerprint density at radius 2 is 1.74 bits per heavy atom. The quantitative estimate of drug-likeness (QED) is 0.758. The lowest BCUT2D eigenvalue weighted by atomic mass is 10.1. The molecule has 1 aromatic heterocycles. The molecule has 1 amide bonds. The predicted molar refractivity (Wildman–Crippen MR) is 107 cm³/mol. The van der Waals surface area contributed by atoms with Crippen LogP contribution >= 0.6 is 0 Å². The summed E-state index contributed by atoms with van der Waals surface area (Å²) in [5.41, 5.74) is 4.13. The number of amides is 1. The van der Waals surface area contributed by atoms with Crippen LogP contribution in [0.25, 0.3) is 11.0 Å². The van der Waals surface area contributed by atoms with E-state index in [4.69, 9.17) is 4.74 Å². The van der Waals surface area contributed by atoms with Crippen molar-refractivity contribution in [3.05, 3.63) is 35.2 Å². The van der Waals surface area contributed by atoms with E-state index in [-0.39, 0.29) is 5.91 Å². The maximum Gasteiger partial charge on any atom is 0.254 e. The smallest absolute Gasteiger partial charge is 0.254 e. The molecule has 2 heterocycles. The first-order valence-corrected chi connectivity index (χ1v) is 9.69. The van der Waals surface area contributed by atoms with E-state index in [1.165, 1.54) is 0 Å². The molecule has 0 aliphatic carbocycles. The number of carbonyl (C=O) groups excluding carboxylic acids is 1. The van der Waals surface area contributed by atoms with Gasteiger partial charge < -0.3 is 9.64 Å². The fourth-order valence-electron chi connectivity index (χ4n) is 3.90. The molecule has 146 valence electrons. The Morgan fingerprint density at radius 1 is 1.11 bits per heavy atom. The molecule has 1 fully saturated rings. The minimum absolute atomic E-state index is 0.0761. The molecule has 1 aliphatic heterocycles. The van der Waals surface area contributed by atoms with Crippen molar-refractivity contribution in [2.45, 2.75) is 46.2 Å². The summed E-state index contributed by atoms with van der Waals surface area (Å²) in [6.07, 6.45) is 1.02. The fourth-order valence-corrected chi connectivity index (χ4v) is 3.90. The lowest BCUT2D eigenvalue weighted by molar-refractivity contribution is 0.0270. The molecule has 1 aliphatic rings. The van der Waals surface area contributed by atoms with Gasteiger partial charge in [0.1, 0.15) is 0 Å². The fraction of sp³-hybridized carbons (Fsp3) is 0.571. The van der Waals surface area contributed by atoms with Crippen LogP contribution < -0.4 is 0 Å². The minimum atomic E-state index is 0.0761. The summed E-state index contributed by atoms with van der Waals surface area (Å²) in [6, 6.07) is 6.31. The zero-order valence-electron chi connectivity index (χ0n) is 17.0. The molecular weight excluding hydrogens is 340 g/mol. The van der Waals surface area contributed by atoms with Crippen molar-refractivity contribution in [1.82, 2.24) is 19.8 Å². The molecule has 6 heteroatoms. The van der Waals surface area contributed by atoms with Crippen molar-refractivity contribution < 1.29 is 9.53 Å². The summed E-state index contributed by atoms with van der Waals surface area (Å²) >= 11 is 0. The Bertz CT molecular complexity index is 811. The van der Waals surface area contributed by atoms with Crippen molar-refractivity contribution >= 4 is 16.9 Å². The van der Waals surface area contributed by atoms with Gasteiger partial charge in [-0.2, -0.15) is 0 Å². The Balaban J connectivity index is 1.74. The molecule has 0 N–H and O–H groups in total. The molecule has 1 saturated heterocycles. The standard InChI is InChI=1S/C21H30N4O2/c1-14-12-24(13-15(2)25(14)9-6-10-27-5)21(26)18-7-8-19-20(11-18)23-17(4)16(3)22-19/h7-8,11,14-15H,6,9-10,12-13H2,1-5H3. The summed E-state index contributed by atoms with van der Waals surface area (Å²) in [6.45, 7) is 11.6. The number of aromatic nitrogens is 2.